The molecule has 0 spiro atoms. The Morgan fingerprint density at radius 1 is 1.33 bits per heavy atom. The summed E-state index contributed by atoms with van der Waals surface area (Å²) in [6.45, 7) is 0.572. The normalized spacial score (nSPS) is 21.6. The third-order valence-electron chi connectivity index (χ3n) is 3.83. The van der Waals surface area contributed by atoms with Crippen LogP contribution in [0.1, 0.15) is 23.5 Å². The maximum absolute atomic E-state index is 9.33. The third kappa shape index (κ3) is 2.52. The van der Waals surface area contributed by atoms with Gasteiger partial charge in [-0.25, -0.2) is 0 Å². The number of rotatable bonds is 4. The Morgan fingerprint density at radius 3 is 2.81 bits per heavy atom. The van der Waals surface area contributed by atoms with Crippen LogP contribution in [-0.4, -0.2) is 37.8 Å². The number of β-amino-alcohol motifs (C(OH)–C–C–N with tert-alkyl or cyclic N) is 1. The van der Waals surface area contributed by atoms with E-state index in [1.54, 1.807) is 6.20 Å². The highest BCUT2D eigenvalue weighted by Crippen LogP contribution is 2.37. The Morgan fingerprint density at radius 2 is 2.19 bits per heavy atom. The van der Waals surface area contributed by atoms with Crippen molar-refractivity contribution in [2.75, 3.05) is 13.2 Å². The first-order chi connectivity index (χ1) is 10.2. The van der Waals surface area contributed by atoms with E-state index in [1.165, 1.54) is 0 Å². The van der Waals surface area contributed by atoms with Gasteiger partial charge in [-0.05, 0) is 36.5 Å². The summed E-state index contributed by atoms with van der Waals surface area (Å²) in [7, 11) is 2.02. The van der Waals surface area contributed by atoms with Crippen molar-refractivity contribution in [1.82, 2.24) is 19.8 Å². The lowest BCUT2D eigenvalue weighted by Crippen LogP contribution is -2.32. The van der Waals surface area contributed by atoms with Crippen LogP contribution in [-0.2, 0) is 7.05 Å². The van der Waals surface area contributed by atoms with Crippen LogP contribution < -0.4 is 5.32 Å². The van der Waals surface area contributed by atoms with Gasteiger partial charge in [-0.1, -0.05) is 6.07 Å². The molecule has 1 fully saturated rings. The number of nitrogens with zero attached hydrogens (tertiary/aromatic N) is 3. The minimum Gasteiger partial charge on any atom is -0.395 e. The van der Waals surface area contributed by atoms with Crippen LogP contribution in [0.3, 0.4) is 0 Å². The molecule has 2 atom stereocenters. The minimum absolute atomic E-state index is 0.0150. The zero-order valence-corrected chi connectivity index (χ0v) is 12.6. The van der Waals surface area contributed by atoms with E-state index >= 15 is 0 Å². The average Bonchev–Trinajstić information content (AvgIpc) is 3.05. The molecule has 0 aliphatic carbocycles. The van der Waals surface area contributed by atoms with E-state index in [4.69, 9.17) is 12.2 Å². The van der Waals surface area contributed by atoms with Crippen molar-refractivity contribution >= 4 is 17.3 Å². The lowest BCUT2D eigenvalue weighted by atomic mass is 10.0. The van der Waals surface area contributed by atoms with E-state index in [-0.39, 0.29) is 18.7 Å². The molecule has 1 aliphatic rings. The van der Waals surface area contributed by atoms with Crippen molar-refractivity contribution < 1.29 is 5.11 Å². The lowest BCUT2D eigenvalue weighted by Gasteiger charge is -2.27. The fraction of sp³-hybridized carbons (Fsp3) is 0.333. The van der Waals surface area contributed by atoms with E-state index < -0.39 is 0 Å². The Hall–Kier alpha value is -1.92. The first-order valence-electron chi connectivity index (χ1n) is 6.92. The van der Waals surface area contributed by atoms with Gasteiger partial charge < -0.3 is 19.9 Å². The van der Waals surface area contributed by atoms with Gasteiger partial charge in [0.1, 0.15) is 0 Å². The quantitative estimate of drug-likeness (QED) is 0.836. The predicted molar refractivity (Wildman–Crippen MR) is 84.7 cm³/mol. The van der Waals surface area contributed by atoms with Crippen LogP contribution in [0, 0.1) is 0 Å². The van der Waals surface area contributed by atoms with Crippen LogP contribution in [0.2, 0.25) is 0 Å². The number of aromatic nitrogens is 2. The smallest absolute Gasteiger partial charge is 0.170 e. The largest absolute Gasteiger partial charge is 0.395 e. The summed E-state index contributed by atoms with van der Waals surface area (Å²) in [5.74, 6) is 0. The van der Waals surface area contributed by atoms with Crippen LogP contribution >= 0.6 is 12.2 Å². The molecule has 3 rings (SSSR count). The molecule has 0 amide bonds. The lowest BCUT2D eigenvalue weighted by molar-refractivity contribution is 0.219. The molecule has 1 aliphatic heterocycles. The molecular formula is C15H18N4OS. The highest BCUT2D eigenvalue weighted by Gasteiger charge is 2.40. The number of nitrogens with one attached hydrogen (secondary N) is 1. The van der Waals surface area contributed by atoms with Crippen LogP contribution in [0.5, 0.6) is 0 Å². The second-order valence-corrected chi connectivity index (χ2v) is 5.47. The van der Waals surface area contributed by atoms with E-state index in [2.05, 4.69) is 20.9 Å². The highest BCUT2D eigenvalue weighted by atomic mass is 32.1. The molecular weight excluding hydrogens is 284 g/mol. The van der Waals surface area contributed by atoms with Gasteiger partial charge in [0, 0.05) is 31.7 Å². The molecule has 1 saturated heterocycles. The van der Waals surface area contributed by atoms with Gasteiger partial charge in [0.25, 0.3) is 0 Å². The summed E-state index contributed by atoms with van der Waals surface area (Å²) < 4.78 is 2.08. The predicted octanol–water partition coefficient (Wildman–Crippen LogP) is 1.38. The second kappa shape index (κ2) is 5.83. The van der Waals surface area contributed by atoms with E-state index in [0.717, 1.165) is 11.4 Å². The molecule has 21 heavy (non-hydrogen) atoms. The molecule has 2 N–H and O–H groups in total. The Balaban J connectivity index is 2.03. The van der Waals surface area contributed by atoms with Gasteiger partial charge in [-0.3, -0.25) is 4.98 Å². The molecule has 0 radical (unpaired) electrons. The van der Waals surface area contributed by atoms with Crippen LogP contribution in [0.25, 0.3) is 0 Å². The van der Waals surface area contributed by atoms with Crippen molar-refractivity contribution in [3.63, 3.8) is 0 Å². The standard InChI is InChI=1S/C15H18N4OS/c1-18-8-4-6-12(18)14-13(11-5-2-3-7-16-11)17-15(21)19(14)9-10-20/h2-8,13-14,20H,9-10H2,1H3,(H,17,21)/t13-,14-/m1/s1. The number of thiocarbonyl (C=S) groups is 1. The molecule has 0 bridgehead atoms. The fourth-order valence-corrected chi connectivity index (χ4v) is 3.19. The Bertz CT molecular complexity index is 628. The number of hydrogen-bond acceptors (Lipinski definition) is 3. The van der Waals surface area contributed by atoms with Crippen molar-refractivity contribution in [2.45, 2.75) is 12.1 Å². The van der Waals surface area contributed by atoms with Gasteiger partial charge in [0.15, 0.2) is 5.11 Å². The van der Waals surface area contributed by atoms with Gasteiger partial charge >= 0.3 is 0 Å². The summed E-state index contributed by atoms with van der Waals surface area (Å²) >= 11 is 5.44. The maximum Gasteiger partial charge on any atom is 0.170 e. The fourth-order valence-electron chi connectivity index (χ4n) is 2.86. The highest BCUT2D eigenvalue weighted by molar-refractivity contribution is 7.80. The number of pyridine rings is 1. The summed E-state index contributed by atoms with van der Waals surface area (Å²) in [5, 5.41) is 13.3. The average molecular weight is 302 g/mol. The first-order valence-corrected chi connectivity index (χ1v) is 7.33. The van der Waals surface area contributed by atoms with Gasteiger partial charge in [0.05, 0.1) is 24.4 Å². The number of aliphatic hydroxyl groups excluding tert-OH is 1. The van der Waals surface area contributed by atoms with Crippen molar-refractivity contribution in [3.05, 3.63) is 54.1 Å². The van der Waals surface area contributed by atoms with Crippen LogP contribution in [0.4, 0.5) is 0 Å². The molecule has 110 valence electrons. The van der Waals surface area contributed by atoms with Crippen molar-refractivity contribution in [3.8, 4) is 0 Å². The molecule has 2 aromatic rings. The molecule has 0 saturated carbocycles. The number of aryl methyl sites for hydroxylation is 1. The second-order valence-electron chi connectivity index (χ2n) is 5.09. The topological polar surface area (TPSA) is 53.3 Å². The number of aliphatic hydroxyl groups is 1. The molecule has 2 aromatic heterocycles. The zero-order chi connectivity index (χ0) is 14.8. The van der Waals surface area contributed by atoms with E-state index in [0.29, 0.717) is 11.7 Å². The Kier molecular flexibility index (Phi) is 3.90. The molecule has 0 unspecified atom stereocenters. The SMILES string of the molecule is Cn1cccc1[C@@H]1[C@@H](c2ccccn2)NC(=S)N1CCO. The zero-order valence-electron chi connectivity index (χ0n) is 11.8. The van der Waals surface area contributed by atoms with Gasteiger partial charge in [-0.2, -0.15) is 0 Å². The minimum atomic E-state index is -0.0150. The molecule has 5 nitrogen and oxygen atoms in total. The number of hydrogen-bond donors (Lipinski definition) is 2. The monoisotopic (exact) mass is 302 g/mol. The van der Waals surface area contributed by atoms with Gasteiger partial charge in [-0.15, -0.1) is 0 Å². The first kappa shape index (κ1) is 14.0. The van der Waals surface area contributed by atoms with Crippen molar-refractivity contribution in [1.29, 1.82) is 0 Å². The summed E-state index contributed by atoms with van der Waals surface area (Å²) in [4.78, 5) is 6.49. The molecule has 0 aromatic carbocycles. The summed E-state index contributed by atoms with van der Waals surface area (Å²) in [6.07, 6.45) is 3.81. The molecule has 6 heteroatoms. The maximum atomic E-state index is 9.33. The molecule has 3 heterocycles. The summed E-state index contributed by atoms with van der Waals surface area (Å²) in [5.41, 5.74) is 2.10. The summed E-state index contributed by atoms with van der Waals surface area (Å²) in [6, 6.07) is 9.99. The third-order valence-corrected chi connectivity index (χ3v) is 4.18. The van der Waals surface area contributed by atoms with E-state index in [1.807, 2.05) is 42.4 Å². The van der Waals surface area contributed by atoms with Crippen molar-refractivity contribution in [2.24, 2.45) is 7.05 Å². The van der Waals surface area contributed by atoms with E-state index in [9.17, 15) is 5.11 Å². The van der Waals surface area contributed by atoms with Gasteiger partial charge in [0.2, 0.25) is 0 Å². The Labute approximate surface area is 129 Å². The van der Waals surface area contributed by atoms with Crippen LogP contribution in [0.15, 0.2) is 42.7 Å².